The molecule has 2 aromatic rings. The average molecular weight is 257 g/mol. The lowest BCUT2D eigenvalue weighted by Gasteiger charge is -2.26. The number of carbonyl (C=O) groups is 1. The van der Waals surface area contributed by atoms with Crippen molar-refractivity contribution in [2.24, 2.45) is 0 Å². The van der Waals surface area contributed by atoms with Gasteiger partial charge in [-0.05, 0) is 12.1 Å². The van der Waals surface area contributed by atoms with E-state index >= 15 is 0 Å². The smallest absolute Gasteiger partial charge is 0.260 e. The lowest BCUT2D eigenvalue weighted by molar-refractivity contribution is -0.134. The summed E-state index contributed by atoms with van der Waals surface area (Å²) in [7, 11) is 0. The average Bonchev–Trinajstić information content (AvgIpc) is 2.93. The fraction of sp³-hybridized carbons (Fsp3) is 0.286. The summed E-state index contributed by atoms with van der Waals surface area (Å²) in [6, 6.07) is 9.38. The van der Waals surface area contributed by atoms with Crippen LogP contribution in [-0.2, 0) is 17.8 Å². The highest BCUT2D eigenvalue weighted by molar-refractivity contribution is 5.78. The van der Waals surface area contributed by atoms with E-state index in [9.17, 15) is 4.79 Å². The van der Waals surface area contributed by atoms with Crippen molar-refractivity contribution in [1.29, 1.82) is 0 Å². The highest BCUT2D eigenvalue weighted by atomic mass is 16.5. The van der Waals surface area contributed by atoms with E-state index in [0.29, 0.717) is 13.1 Å². The number of H-pyrrole nitrogens is 1. The normalized spacial score (nSPS) is 14.0. The fourth-order valence-electron chi connectivity index (χ4n) is 2.18. The molecule has 1 aromatic carbocycles. The van der Waals surface area contributed by atoms with E-state index < -0.39 is 0 Å². The van der Waals surface area contributed by atoms with Crippen LogP contribution in [0.4, 0.5) is 0 Å². The number of carbonyl (C=O) groups excluding carboxylic acids is 1. The van der Waals surface area contributed by atoms with E-state index in [4.69, 9.17) is 4.74 Å². The first-order valence-corrected chi connectivity index (χ1v) is 6.29. The molecule has 0 atom stereocenters. The van der Waals surface area contributed by atoms with Gasteiger partial charge in [0.1, 0.15) is 5.75 Å². The molecule has 98 valence electrons. The third kappa shape index (κ3) is 2.59. The minimum Gasteiger partial charge on any atom is -0.484 e. The number of rotatable bonds is 3. The fourth-order valence-corrected chi connectivity index (χ4v) is 2.18. The molecule has 0 saturated carbocycles. The largest absolute Gasteiger partial charge is 0.484 e. The van der Waals surface area contributed by atoms with Crippen LogP contribution in [-0.4, -0.2) is 33.9 Å². The van der Waals surface area contributed by atoms with Crippen molar-refractivity contribution < 1.29 is 9.53 Å². The zero-order chi connectivity index (χ0) is 13.1. The first-order valence-electron chi connectivity index (χ1n) is 6.29. The van der Waals surface area contributed by atoms with Crippen LogP contribution in [0.2, 0.25) is 0 Å². The van der Waals surface area contributed by atoms with E-state index in [1.807, 2.05) is 30.3 Å². The quantitative estimate of drug-likeness (QED) is 0.903. The second kappa shape index (κ2) is 5.14. The summed E-state index contributed by atoms with van der Waals surface area (Å²) >= 11 is 0. The third-order valence-electron chi connectivity index (χ3n) is 3.23. The number of nitrogens with one attached hydrogen (secondary N) is 1. The molecule has 1 aliphatic rings. The number of ether oxygens (including phenoxy) is 1. The SMILES string of the molecule is O=C(COc1ccccc1)N1CCc2nc[nH]c2C1. The van der Waals surface area contributed by atoms with Crippen LogP contribution in [0.25, 0.3) is 0 Å². The molecular formula is C14H15N3O2. The van der Waals surface area contributed by atoms with Gasteiger partial charge in [-0.3, -0.25) is 4.79 Å². The number of aromatic amines is 1. The number of hydrogen-bond donors (Lipinski definition) is 1. The summed E-state index contributed by atoms with van der Waals surface area (Å²) in [4.78, 5) is 21.2. The number of imidazole rings is 1. The molecule has 0 aliphatic carbocycles. The molecule has 0 radical (unpaired) electrons. The Morgan fingerprint density at radius 3 is 3.05 bits per heavy atom. The molecule has 0 fully saturated rings. The second-order valence-electron chi connectivity index (χ2n) is 4.49. The van der Waals surface area contributed by atoms with Crippen LogP contribution < -0.4 is 4.74 Å². The van der Waals surface area contributed by atoms with Crippen molar-refractivity contribution in [2.45, 2.75) is 13.0 Å². The number of fused-ring (bicyclic) bond motifs is 1. The van der Waals surface area contributed by atoms with Gasteiger partial charge in [0.05, 0.1) is 24.3 Å². The van der Waals surface area contributed by atoms with Crippen molar-refractivity contribution in [2.75, 3.05) is 13.2 Å². The molecule has 0 bridgehead atoms. The van der Waals surface area contributed by atoms with Gasteiger partial charge in [-0.25, -0.2) is 4.98 Å². The maximum absolute atomic E-state index is 12.1. The number of aromatic nitrogens is 2. The summed E-state index contributed by atoms with van der Waals surface area (Å²) in [5, 5.41) is 0. The standard InChI is InChI=1S/C14H15N3O2/c18-14(9-19-11-4-2-1-3-5-11)17-7-6-12-13(8-17)16-10-15-12/h1-5,10H,6-9H2,(H,15,16). The Kier molecular flexibility index (Phi) is 3.18. The number of hydrogen-bond acceptors (Lipinski definition) is 3. The molecule has 1 aliphatic heterocycles. The molecule has 1 aromatic heterocycles. The lowest BCUT2D eigenvalue weighted by atomic mass is 10.1. The highest BCUT2D eigenvalue weighted by Gasteiger charge is 2.22. The summed E-state index contributed by atoms with van der Waals surface area (Å²) in [5.41, 5.74) is 2.09. The molecule has 5 heteroatoms. The van der Waals surface area contributed by atoms with E-state index in [0.717, 1.165) is 23.6 Å². The molecule has 0 spiro atoms. The van der Waals surface area contributed by atoms with Gasteiger partial charge in [0.2, 0.25) is 0 Å². The van der Waals surface area contributed by atoms with Gasteiger partial charge < -0.3 is 14.6 Å². The Morgan fingerprint density at radius 2 is 2.21 bits per heavy atom. The molecule has 0 saturated heterocycles. The lowest BCUT2D eigenvalue weighted by Crippen LogP contribution is -2.38. The van der Waals surface area contributed by atoms with E-state index in [2.05, 4.69) is 9.97 Å². The highest BCUT2D eigenvalue weighted by Crippen LogP contribution is 2.15. The minimum atomic E-state index is 0.00380. The van der Waals surface area contributed by atoms with Crippen LogP contribution in [0.5, 0.6) is 5.75 Å². The molecule has 2 heterocycles. The van der Waals surface area contributed by atoms with E-state index in [-0.39, 0.29) is 12.5 Å². The topological polar surface area (TPSA) is 58.2 Å². The Hall–Kier alpha value is -2.30. The predicted octanol–water partition coefficient (Wildman–Crippen LogP) is 1.37. The van der Waals surface area contributed by atoms with Gasteiger partial charge in [-0.15, -0.1) is 0 Å². The van der Waals surface area contributed by atoms with Crippen molar-refractivity contribution in [1.82, 2.24) is 14.9 Å². The zero-order valence-corrected chi connectivity index (χ0v) is 10.5. The van der Waals surface area contributed by atoms with Gasteiger partial charge >= 0.3 is 0 Å². The minimum absolute atomic E-state index is 0.00380. The van der Waals surface area contributed by atoms with Crippen LogP contribution >= 0.6 is 0 Å². The molecular weight excluding hydrogens is 242 g/mol. The Labute approximate surface area is 111 Å². The second-order valence-corrected chi connectivity index (χ2v) is 4.49. The summed E-state index contributed by atoms with van der Waals surface area (Å²) in [6.45, 7) is 1.37. The molecule has 0 unspecified atom stereocenters. The van der Waals surface area contributed by atoms with Crippen LogP contribution in [0.1, 0.15) is 11.4 Å². The summed E-state index contributed by atoms with van der Waals surface area (Å²) in [6.07, 6.45) is 2.48. The number of amides is 1. The van der Waals surface area contributed by atoms with Crippen molar-refractivity contribution in [3.63, 3.8) is 0 Å². The van der Waals surface area contributed by atoms with Gasteiger partial charge in [0.15, 0.2) is 6.61 Å². The third-order valence-corrected chi connectivity index (χ3v) is 3.23. The van der Waals surface area contributed by atoms with Gasteiger partial charge in [0, 0.05) is 13.0 Å². The predicted molar refractivity (Wildman–Crippen MR) is 69.6 cm³/mol. The Balaban J connectivity index is 1.57. The molecule has 1 amide bonds. The molecule has 1 N–H and O–H groups in total. The first kappa shape index (κ1) is 11.8. The van der Waals surface area contributed by atoms with Crippen LogP contribution in [0.15, 0.2) is 36.7 Å². The summed E-state index contributed by atoms with van der Waals surface area (Å²) < 4.78 is 5.47. The van der Waals surface area contributed by atoms with Crippen molar-refractivity contribution in [3.05, 3.63) is 48.0 Å². The molecule has 3 rings (SSSR count). The Bertz CT molecular complexity index is 565. The number of nitrogens with zero attached hydrogens (tertiary/aromatic N) is 2. The zero-order valence-electron chi connectivity index (χ0n) is 10.5. The van der Waals surface area contributed by atoms with E-state index in [1.54, 1.807) is 11.2 Å². The summed E-state index contributed by atoms with van der Waals surface area (Å²) in [5.74, 6) is 0.721. The van der Waals surface area contributed by atoms with Crippen molar-refractivity contribution in [3.8, 4) is 5.75 Å². The van der Waals surface area contributed by atoms with Crippen LogP contribution in [0.3, 0.4) is 0 Å². The van der Waals surface area contributed by atoms with Crippen LogP contribution in [0, 0.1) is 0 Å². The van der Waals surface area contributed by atoms with Gasteiger partial charge in [-0.1, -0.05) is 18.2 Å². The van der Waals surface area contributed by atoms with Gasteiger partial charge in [0.25, 0.3) is 5.91 Å². The number of para-hydroxylation sites is 1. The molecule has 19 heavy (non-hydrogen) atoms. The van der Waals surface area contributed by atoms with Gasteiger partial charge in [-0.2, -0.15) is 0 Å². The monoisotopic (exact) mass is 257 g/mol. The maximum atomic E-state index is 12.1. The van der Waals surface area contributed by atoms with E-state index in [1.165, 1.54) is 0 Å². The first-order chi connectivity index (χ1) is 9.33. The van der Waals surface area contributed by atoms with Crippen molar-refractivity contribution >= 4 is 5.91 Å². The Morgan fingerprint density at radius 1 is 1.37 bits per heavy atom. The maximum Gasteiger partial charge on any atom is 0.260 e. The molecule has 5 nitrogen and oxygen atoms in total. The number of benzene rings is 1.